The van der Waals surface area contributed by atoms with Gasteiger partial charge in [0.1, 0.15) is 5.75 Å². The quantitative estimate of drug-likeness (QED) is 0.658. The summed E-state index contributed by atoms with van der Waals surface area (Å²) in [5.41, 5.74) is 1.25. The lowest BCUT2D eigenvalue weighted by Gasteiger charge is -2.40. The molecule has 2 aliphatic rings. The third-order valence-corrected chi connectivity index (χ3v) is 6.15. The monoisotopic (exact) mass is 414 g/mol. The Balaban J connectivity index is 1.44. The van der Waals surface area contributed by atoms with Crippen LogP contribution in [0.3, 0.4) is 0 Å². The molecule has 2 atom stereocenters. The van der Waals surface area contributed by atoms with Crippen molar-refractivity contribution in [1.29, 1.82) is 0 Å². The molecule has 1 aromatic carbocycles. The van der Waals surface area contributed by atoms with E-state index >= 15 is 0 Å². The molecular weight excluding hydrogens is 380 g/mol. The minimum absolute atomic E-state index is 0.235. The topological polar surface area (TPSA) is 68.5 Å². The maximum absolute atomic E-state index is 5.82. The standard InChI is InChI=1S/C22H34N6O2/c1-17(2)15-21(22-23-24-25-28(22)16-20-5-4-14-30-20)27-12-10-26(11-13-27)18-6-8-19(29-3)9-7-18/h6-9,17,20-21H,4-5,10-16H2,1-3H3/t20-,21+/m0/s1. The number of nitrogens with zero attached hydrogens (tertiary/aromatic N) is 6. The predicted octanol–water partition coefficient (Wildman–Crippen LogP) is 2.77. The van der Waals surface area contributed by atoms with Gasteiger partial charge in [-0.1, -0.05) is 13.8 Å². The van der Waals surface area contributed by atoms with Crippen molar-refractivity contribution in [3.05, 3.63) is 30.1 Å². The second kappa shape index (κ2) is 9.75. The molecule has 164 valence electrons. The first-order chi connectivity index (χ1) is 14.6. The molecule has 0 amide bonds. The molecule has 3 heterocycles. The van der Waals surface area contributed by atoms with Gasteiger partial charge < -0.3 is 14.4 Å². The molecule has 0 saturated carbocycles. The van der Waals surface area contributed by atoms with Gasteiger partial charge in [-0.15, -0.1) is 5.10 Å². The third kappa shape index (κ3) is 4.92. The van der Waals surface area contributed by atoms with Crippen LogP contribution >= 0.6 is 0 Å². The van der Waals surface area contributed by atoms with Crippen LogP contribution in [0.1, 0.15) is 45.0 Å². The maximum atomic E-state index is 5.82. The Bertz CT molecular complexity index is 779. The van der Waals surface area contributed by atoms with Gasteiger partial charge in [0.2, 0.25) is 0 Å². The van der Waals surface area contributed by atoms with Crippen LogP contribution < -0.4 is 9.64 Å². The first-order valence-electron chi connectivity index (χ1n) is 11.1. The van der Waals surface area contributed by atoms with Crippen LogP contribution in [-0.2, 0) is 11.3 Å². The lowest BCUT2D eigenvalue weighted by molar-refractivity contribution is 0.0885. The molecule has 2 aromatic rings. The van der Waals surface area contributed by atoms with Crippen molar-refractivity contribution in [2.24, 2.45) is 5.92 Å². The first-order valence-corrected chi connectivity index (χ1v) is 11.1. The fourth-order valence-electron chi connectivity index (χ4n) is 4.51. The number of hydrogen-bond donors (Lipinski definition) is 0. The fraction of sp³-hybridized carbons (Fsp3) is 0.682. The van der Waals surface area contributed by atoms with E-state index < -0.39 is 0 Å². The number of methoxy groups -OCH3 is 1. The van der Waals surface area contributed by atoms with Gasteiger partial charge in [0.15, 0.2) is 5.82 Å². The van der Waals surface area contributed by atoms with Crippen molar-refractivity contribution in [2.45, 2.75) is 51.8 Å². The van der Waals surface area contributed by atoms with Crippen LogP contribution in [0.15, 0.2) is 24.3 Å². The van der Waals surface area contributed by atoms with E-state index in [9.17, 15) is 0 Å². The van der Waals surface area contributed by atoms with Crippen molar-refractivity contribution >= 4 is 5.69 Å². The Labute approximate surface area is 179 Å². The highest BCUT2D eigenvalue weighted by Gasteiger charge is 2.31. The van der Waals surface area contributed by atoms with Crippen LogP contribution in [0.25, 0.3) is 0 Å². The van der Waals surface area contributed by atoms with Crippen LogP contribution in [0.5, 0.6) is 5.75 Å². The Morgan fingerprint density at radius 3 is 2.53 bits per heavy atom. The van der Waals surface area contributed by atoms with E-state index in [1.54, 1.807) is 7.11 Å². The van der Waals surface area contributed by atoms with Crippen molar-refractivity contribution < 1.29 is 9.47 Å². The zero-order valence-corrected chi connectivity index (χ0v) is 18.4. The third-order valence-electron chi connectivity index (χ3n) is 6.15. The van der Waals surface area contributed by atoms with Gasteiger partial charge in [-0.3, -0.25) is 4.90 Å². The summed E-state index contributed by atoms with van der Waals surface area (Å²) in [6, 6.07) is 8.58. The summed E-state index contributed by atoms with van der Waals surface area (Å²) in [6.45, 7) is 10.1. The van der Waals surface area contributed by atoms with Crippen LogP contribution in [0.4, 0.5) is 5.69 Å². The van der Waals surface area contributed by atoms with Gasteiger partial charge in [-0.25, -0.2) is 4.68 Å². The molecule has 1 aromatic heterocycles. The summed E-state index contributed by atoms with van der Waals surface area (Å²) in [4.78, 5) is 5.00. The van der Waals surface area contributed by atoms with Crippen LogP contribution in [0, 0.1) is 5.92 Å². The van der Waals surface area contributed by atoms with Gasteiger partial charge in [-0.2, -0.15) is 0 Å². The van der Waals surface area contributed by atoms with E-state index in [2.05, 4.69) is 51.3 Å². The number of hydrogen-bond acceptors (Lipinski definition) is 7. The number of rotatable bonds is 8. The van der Waals surface area contributed by atoms with Gasteiger partial charge in [0.25, 0.3) is 0 Å². The van der Waals surface area contributed by atoms with Crippen molar-refractivity contribution in [3.63, 3.8) is 0 Å². The van der Waals surface area contributed by atoms with E-state index in [-0.39, 0.29) is 12.1 Å². The lowest BCUT2D eigenvalue weighted by atomic mass is 10.0. The molecule has 0 N–H and O–H groups in total. The number of aromatic nitrogens is 4. The average molecular weight is 415 g/mol. The molecule has 0 bridgehead atoms. The highest BCUT2D eigenvalue weighted by molar-refractivity contribution is 5.49. The summed E-state index contributed by atoms with van der Waals surface area (Å²) in [6.07, 6.45) is 3.51. The van der Waals surface area contributed by atoms with Gasteiger partial charge in [0.05, 0.1) is 25.8 Å². The molecule has 2 fully saturated rings. The maximum Gasteiger partial charge on any atom is 0.168 e. The van der Waals surface area contributed by atoms with E-state index in [1.165, 1.54) is 5.69 Å². The molecular formula is C22H34N6O2. The van der Waals surface area contributed by atoms with E-state index in [0.717, 1.165) is 70.2 Å². The largest absolute Gasteiger partial charge is 0.497 e. The molecule has 0 spiro atoms. The Morgan fingerprint density at radius 1 is 1.13 bits per heavy atom. The van der Waals surface area contributed by atoms with Crippen molar-refractivity contribution in [1.82, 2.24) is 25.1 Å². The smallest absolute Gasteiger partial charge is 0.168 e. The molecule has 0 aliphatic carbocycles. The summed E-state index contributed by atoms with van der Waals surface area (Å²) in [5, 5.41) is 12.8. The fourth-order valence-corrected chi connectivity index (χ4v) is 4.51. The molecule has 0 unspecified atom stereocenters. The summed E-state index contributed by atoms with van der Waals surface area (Å²) < 4.78 is 13.1. The average Bonchev–Trinajstić information content (AvgIpc) is 3.45. The Kier molecular flexibility index (Phi) is 6.84. The molecule has 2 saturated heterocycles. The van der Waals surface area contributed by atoms with Crippen molar-refractivity contribution in [2.75, 3.05) is 44.8 Å². The Morgan fingerprint density at radius 2 is 1.90 bits per heavy atom. The molecule has 0 radical (unpaired) electrons. The normalized spacial score (nSPS) is 21.3. The number of benzene rings is 1. The zero-order chi connectivity index (χ0) is 20.9. The molecule has 8 heteroatoms. The highest BCUT2D eigenvalue weighted by Crippen LogP contribution is 2.29. The number of piperazine rings is 1. The lowest BCUT2D eigenvalue weighted by Crippen LogP contribution is -2.48. The predicted molar refractivity (Wildman–Crippen MR) is 116 cm³/mol. The second-order valence-electron chi connectivity index (χ2n) is 8.72. The minimum atomic E-state index is 0.235. The number of tetrazole rings is 1. The molecule has 4 rings (SSSR count). The Hall–Kier alpha value is -2.19. The number of ether oxygens (including phenoxy) is 2. The molecule has 2 aliphatic heterocycles. The van der Waals surface area contributed by atoms with Crippen LogP contribution in [0.2, 0.25) is 0 Å². The van der Waals surface area contributed by atoms with Crippen molar-refractivity contribution in [3.8, 4) is 5.75 Å². The highest BCUT2D eigenvalue weighted by atomic mass is 16.5. The number of anilines is 1. The van der Waals surface area contributed by atoms with E-state index in [0.29, 0.717) is 5.92 Å². The van der Waals surface area contributed by atoms with Crippen LogP contribution in [-0.4, -0.2) is 71.1 Å². The van der Waals surface area contributed by atoms with E-state index in [1.807, 2.05) is 16.8 Å². The molecule has 30 heavy (non-hydrogen) atoms. The second-order valence-corrected chi connectivity index (χ2v) is 8.72. The minimum Gasteiger partial charge on any atom is -0.497 e. The summed E-state index contributed by atoms with van der Waals surface area (Å²) in [7, 11) is 1.70. The van der Waals surface area contributed by atoms with E-state index in [4.69, 9.17) is 9.47 Å². The molecule has 8 nitrogen and oxygen atoms in total. The van der Waals surface area contributed by atoms with Gasteiger partial charge in [0, 0.05) is 38.5 Å². The van der Waals surface area contributed by atoms with Gasteiger partial charge in [-0.05, 0) is 59.9 Å². The zero-order valence-electron chi connectivity index (χ0n) is 18.4. The first kappa shape index (κ1) is 21.1. The summed E-state index contributed by atoms with van der Waals surface area (Å²) >= 11 is 0. The van der Waals surface area contributed by atoms with Gasteiger partial charge >= 0.3 is 0 Å². The SMILES string of the molecule is COc1ccc(N2CCN([C@H](CC(C)C)c3nnnn3C[C@@H]3CCCO3)CC2)cc1. The summed E-state index contributed by atoms with van der Waals surface area (Å²) in [5.74, 6) is 2.45.